The van der Waals surface area contributed by atoms with Crippen molar-refractivity contribution in [1.82, 2.24) is 15.2 Å². The number of nitrogens with one attached hydrogen (secondary N) is 1. The molecule has 0 aliphatic heterocycles. The third kappa shape index (κ3) is 2.12. The number of carboxylic acid groups (broad SMARTS) is 1. The van der Waals surface area contributed by atoms with Crippen LogP contribution in [0.1, 0.15) is 6.92 Å². The van der Waals surface area contributed by atoms with Crippen molar-refractivity contribution < 1.29 is 9.90 Å². The lowest BCUT2D eigenvalue weighted by Crippen LogP contribution is -2.11. The van der Waals surface area contributed by atoms with Crippen LogP contribution in [-0.4, -0.2) is 31.5 Å². The number of aliphatic carboxylic acids is 1. The molecule has 0 saturated carbocycles. The van der Waals surface area contributed by atoms with Gasteiger partial charge in [-0.25, -0.2) is 5.10 Å². The third-order valence-electron chi connectivity index (χ3n) is 1.11. The van der Waals surface area contributed by atoms with E-state index in [4.69, 9.17) is 10.8 Å². The number of carbonyl (C=O) groups is 1. The van der Waals surface area contributed by atoms with E-state index in [1.165, 1.54) is 0 Å². The van der Waals surface area contributed by atoms with Gasteiger partial charge in [-0.1, -0.05) is 11.8 Å². The van der Waals surface area contributed by atoms with Gasteiger partial charge in [-0.2, -0.15) is 4.98 Å². The van der Waals surface area contributed by atoms with Gasteiger partial charge in [0.05, 0.1) is 0 Å². The first-order chi connectivity index (χ1) is 5.59. The SMILES string of the molecule is C[C@H](Sc1n[nH]c(N)n1)C(=O)O. The second kappa shape index (κ2) is 3.44. The van der Waals surface area contributed by atoms with Crippen molar-refractivity contribution in [2.24, 2.45) is 0 Å². The highest BCUT2D eigenvalue weighted by molar-refractivity contribution is 8.00. The summed E-state index contributed by atoms with van der Waals surface area (Å²) in [6, 6.07) is 0. The van der Waals surface area contributed by atoms with Crippen molar-refractivity contribution in [3.05, 3.63) is 0 Å². The molecule has 1 rings (SSSR count). The second-order valence-electron chi connectivity index (χ2n) is 2.10. The Labute approximate surface area is 72.6 Å². The van der Waals surface area contributed by atoms with Gasteiger partial charge in [-0.15, -0.1) is 5.10 Å². The minimum Gasteiger partial charge on any atom is -0.480 e. The Morgan fingerprint density at radius 2 is 2.50 bits per heavy atom. The van der Waals surface area contributed by atoms with Gasteiger partial charge in [0.2, 0.25) is 11.1 Å². The Balaban J connectivity index is 2.58. The number of rotatable bonds is 3. The predicted octanol–water partition coefficient (Wildman–Crippen LogP) is -0.0479. The van der Waals surface area contributed by atoms with Gasteiger partial charge in [0.25, 0.3) is 0 Å². The van der Waals surface area contributed by atoms with Gasteiger partial charge in [-0.3, -0.25) is 4.79 Å². The molecule has 6 nitrogen and oxygen atoms in total. The molecule has 66 valence electrons. The van der Waals surface area contributed by atoms with Crippen LogP contribution in [0.4, 0.5) is 5.95 Å². The molecule has 4 N–H and O–H groups in total. The number of hydrogen-bond acceptors (Lipinski definition) is 5. The summed E-state index contributed by atoms with van der Waals surface area (Å²) >= 11 is 1.04. The van der Waals surface area contributed by atoms with Gasteiger partial charge in [-0.05, 0) is 6.92 Å². The van der Waals surface area contributed by atoms with Crippen LogP contribution in [0.5, 0.6) is 0 Å². The summed E-state index contributed by atoms with van der Waals surface area (Å²) < 4.78 is 0. The van der Waals surface area contributed by atoms with Crippen LogP contribution in [0.25, 0.3) is 0 Å². The Morgan fingerprint density at radius 3 is 2.92 bits per heavy atom. The monoisotopic (exact) mass is 188 g/mol. The van der Waals surface area contributed by atoms with Crippen molar-refractivity contribution in [2.45, 2.75) is 17.3 Å². The molecule has 12 heavy (non-hydrogen) atoms. The molecule has 0 fully saturated rings. The van der Waals surface area contributed by atoms with Crippen molar-refractivity contribution in [1.29, 1.82) is 0 Å². The van der Waals surface area contributed by atoms with Crippen molar-refractivity contribution in [3.63, 3.8) is 0 Å². The van der Waals surface area contributed by atoms with E-state index in [9.17, 15) is 4.79 Å². The van der Waals surface area contributed by atoms with Gasteiger partial charge >= 0.3 is 5.97 Å². The standard InChI is InChI=1S/C5H8N4O2S/c1-2(3(10)11)12-5-7-4(6)8-9-5/h2H,1H3,(H,10,11)(H3,6,7,8,9)/t2-/m0/s1. The lowest BCUT2D eigenvalue weighted by atomic mass is 10.5. The molecule has 0 aliphatic carbocycles. The fourth-order valence-electron chi connectivity index (χ4n) is 0.519. The van der Waals surface area contributed by atoms with E-state index in [2.05, 4.69) is 15.2 Å². The largest absolute Gasteiger partial charge is 0.480 e. The quantitative estimate of drug-likeness (QED) is 0.574. The van der Waals surface area contributed by atoms with E-state index in [0.717, 1.165) is 11.8 Å². The summed E-state index contributed by atoms with van der Waals surface area (Å²) in [6.07, 6.45) is 0. The van der Waals surface area contributed by atoms with Crippen LogP contribution in [0.2, 0.25) is 0 Å². The number of anilines is 1. The molecule has 0 spiro atoms. The van der Waals surface area contributed by atoms with Crippen LogP contribution in [0.15, 0.2) is 5.16 Å². The lowest BCUT2D eigenvalue weighted by molar-refractivity contribution is -0.136. The third-order valence-corrected chi connectivity index (χ3v) is 2.06. The Kier molecular flexibility index (Phi) is 2.54. The highest BCUT2D eigenvalue weighted by atomic mass is 32.2. The van der Waals surface area contributed by atoms with Gasteiger partial charge in [0, 0.05) is 0 Å². The molecule has 0 bridgehead atoms. The molecule has 0 radical (unpaired) electrons. The van der Waals surface area contributed by atoms with Crippen molar-refractivity contribution in [3.8, 4) is 0 Å². The molecule has 0 saturated heterocycles. The van der Waals surface area contributed by atoms with Gasteiger partial charge in [0.1, 0.15) is 5.25 Å². The van der Waals surface area contributed by atoms with E-state index < -0.39 is 11.2 Å². The fraction of sp³-hybridized carbons (Fsp3) is 0.400. The average Bonchev–Trinajstić information content (AvgIpc) is 2.35. The maximum absolute atomic E-state index is 10.4. The van der Waals surface area contributed by atoms with Crippen LogP contribution in [-0.2, 0) is 4.79 Å². The zero-order valence-corrected chi connectivity index (χ0v) is 7.13. The van der Waals surface area contributed by atoms with E-state index in [0.29, 0.717) is 5.16 Å². The minimum absolute atomic E-state index is 0.190. The summed E-state index contributed by atoms with van der Waals surface area (Å²) in [4.78, 5) is 14.1. The summed E-state index contributed by atoms with van der Waals surface area (Å²) in [5.41, 5.74) is 5.24. The minimum atomic E-state index is -0.900. The molecule has 0 amide bonds. The molecule has 0 aromatic carbocycles. The number of thioether (sulfide) groups is 1. The smallest absolute Gasteiger partial charge is 0.316 e. The van der Waals surface area contributed by atoms with E-state index in [-0.39, 0.29) is 5.95 Å². The van der Waals surface area contributed by atoms with E-state index in [1.807, 2.05) is 0 Å². The first-order valence-electron chi connectivity index (χ1n) is 3.17. The highest BCUT2D eigenvalue weighted by Crippen LogP contribution is 2.18. The number of H-pyrrole nitrogens is 1. The fourth-order valence-corrected chi connectivity index (χ4v) is 1.19. The van der Waals surface area contributed by atoms with Crippen LogP contribution in [0.3, 0.4) is 0 Å². The first kappa shape index (κ1) is 8.85. The van der Waals surface area contributed by atoms with E-state index >= 15 is 0 Å². The Morgan fingerprint density at radius 1 is 1.83 bits per heavy atom. The number of nitrogens with zero attached hydrogens (tertiary/aromatic N) is 2. The molecule has 1 heterocycles. The van der Waals surface area contributed by atoms with Crippen LogP contribution < -0.4 is 5.73 Å². The van der Waals surface area contributed by atoms with Crippen LogP contribution >= 0.6 is 11.8 Å². The molecule has 0 aliphatic rings. The number of nitrogen functional groups attached to an aromatic ring is 1. The van der Waals surface area contributed by atoms with Crippen molar-refractivity contribution in [2.75, 3.05) is 5.73 Å². The molecular formula is C5H8N4O2S. The predicted molar refractivity (Wildman–Crippen MR) is 43.7 cm³/mol. The second-order valence-corrected chi connectivity index (χ2v) is 3.41. The van der Waals surface area contributed by atoms with Gasteiger partial charge in [0.15, 0.2) is 0 Å². The lowest BCUT2D eigenvalue weighted by Gasteiger charge is -1.99. The molecule has 7 heteroatoms. The maximum Gasteiger partial charge on any atom is 0.316 e. The summed E-state index contributed by atoms with van der Waals surface area (Å²) in [7, 11) is 0. The number of hydrogen-bond donors (Lipinski definition) is 3. The summed E-state index contributed by atoms with van der Waals surface area (Å²) in [5.74, 6) is -0.710. The molecule has 1 aromatic rings. The Hall–Kier alpha value is -1.24. The zero-order valence-electron chi connectivity index (χ0n) is 6.31. The first-order valence-corrected chi connectivity index (χ1v) is 4.05. The normalized spacial score (nSPS) is 12.8. The van der Waals surface area contributed by atoms with E-state index in [1.54, 1.807) is 6.92 Å². The number of nitrogens with two attached hydrogens (primary N) is 1. The topological polar surface area (TPSA) is 105 Å². The molecular weight excluding hydrogens is 180 g/mol. The Bertz CT molecular complexity index is 287. The number of aromatic amines is 1. The molecule has 1 atom stereocenters. The maximum atomic E-state index is 10.4. The number of carboxylic acids is 1. The average molecular weight is 188 g/mol. The van der Waals surface area contributed by atoms with Crippen molar-refractivity contribution >= 4 is 23.7 Å². The van der Waals surface area contributed by atoms with Gasteiger partial charge < -0.3 is 10.8 Å². The summed E-state index contributed by atoms with van der Waals surface area (Å²) in [6.45, 7) is 1.56. The zero-order chi connectivity index (χ0) is 9.14. The highest BCUT2D eigenvalue weighted by Gasteiger charge is 2.14. The summed E-state index contributed by atoms with van der Waals surface area (Å²) in [5, 5.41) is 14.4. The van der Waals surface area contributed by atoms with Crippen LogP contribution in [0, 0.1) is 0 Å². The molecule has 0 unspecified atom stereocenters. The molecule has 1 aromatic heterocycles. The number of aromatic nitrogens is 3.